The monoisotopic (exact) mass is 252 g/mol. The highest BCUT2D eigenvalue weighted by atomic mass is 16.4. The van der Waals surface area contributed by atoms with E-state index in [1.807, 2.05) is 0 Å². The smallest absolute Gasteiger partial charge is 0.321 e. The lowest BCUT2D eigenvalue weighted by Crippen LogP contribution is -2.61. The van der Waals surface area contributed by atoms with Crippen LogP contribution < -0.4 is 5.73 Å². The van der Waals surface area contributed by atoms with Crippen LogP contribution in [-0.4, -0.2) is 41.1 Å². The van der Waals surface area contributed by atoms with Crippen molar-refractivity contribution in [1.82, 2.24) is 4.90 Å². The van der Waals surface area contributed by atoms with Gasteiger partial charge in [-0.2, -0.15) is 0 Å². The number of likely N-dealkylation sites (N-methyl/N-ethyl adjacent to an activating group) is 1. The van der Waals surface area contributed by atoms with Gasteiger partial charge < -0.3 is 10.8 Å². The molecule has 0 heterocycles. The SMILES string of the molecule is CN(CC(N)C(=O)O)C12CC3CC(CC(C3)C1)C2. The van der Waals surface area contributed by atoms with Gasteiger partial charge in [-0.05, 0) is 63.3 Å². The fourth-order valence-electron chi connectivity index (χ4n) is 5.10. The number of hydrogen-bond donors (Lipinski definition) is 2. The number of aliphatic carboxylic acids is 1. The van der Waals surface area contributed by atoms with Crippen molar-refractivity contribution in [1.29, 1.82) is 0 Å². The molecule has 4 fully saturated rings. The number of carboxylic acids is 1. The van der Waals surface area contributed by atoms with E-state index in [1.54, 1.807) is 0 Å². The van der Waals surface area contributed by atoms with Crippen molar-refractivity contribution in [3.8, 4) is 0 Å². The summed E-state index contributed by atoms with van der Waals surface area (Å²) in [6, 6.07) is -0.747. The van der Waals surface area contributed by atoms with Crippen LogP contribution in [0.5, 0.6) is 0 Å². The van der Waals surface area contributed by atoms with Crippen LogP contribution in [0.3, 0.4) is 0 Å². The molecule has 0 aromatic heterocycles. The van der Waals surface area contributed by atoms with Gasteiger partial charge in [0.1, 0.15) is 6.04 Å². The number of rotatable bonds is 4. The minimum Gasteiger partial charge on any atom is -0.480 e. The number of hydrogen-bond acceptors (Lipinski definition) is 3. The topological polar surface area (TPSA) is 66.6 Å². The molecule has 0 aliphatic heterocycles. The molecule has 3 N–H and O–H groups in total. The maximum Gasteiger partial charge on any atom is 0.321 e. The van der Waals surface area contributed by atoms with Crippen LogP contribution >= 0.6 is 0 Å². The van der Waals surface area contributed by atoms with Gasteiger partial charge in [-0.25, -0.2) is 0 Å². The number of carbonyl (C=O) groups is 1. The van der Waals surface area contributed by atoms with Crippen molar-refractivity contribution < 1.29 is 9.90 Å². The van der Waals surface area contributed by atoms with Crippen molar-refractivity contribution in [2.45, 2.75) is 50.1 Å². The first-order valence-electron chi connectivity index (χ1n) is 7.18. The summed E-state index contributed by atoms with van der Waals surface area (Å²) in [7, 11) is 2.08. The second kappa shape index (κ2) is 4.20. The molecule has 0 radical (unpaired) electrons. The molecule has 18 heavy (non-hydrogen) atoms. The highest BCUT2D eigenvalue weighted by Crippen LogP contribution is 2.57. The minimum absolute atomic E-state index is 0.266. The molecule has 0 aromatic rings. The summed E-state index contributed by atoms with van der Waals surface area (Å²) in [6.07, 6.45) is 8.04. The largest absolute Gasteiger partial charge is 0.480 e. The molecule has 1 atom stereocenters. The zero-order valence-electron chi connectivity index (χ0n) is 11.1. The molecule has 4 aliphatic rings. The first-order valence-corrected chi connectivity index (χ1v) is 7.18. The molecule has 4 heteroatoms. The highest BCUT2D eigenvalue weighted by molar-refractivity contribution is 5.73. The Bertz CT molecular complexity index is 320. The predicted molar refractivity (Wildman–Crippen MR) is 69.1 cm³/mol. The zero-order valence-corrected chi connectivity index (χ0v) is 11.1. The van der Waals surface area contributed by atoms with Crippen LogP contribution in [0.2, 0.25) is 0 Å². The Hall–Kier alpha value is -0.610. The summed E-state index contributed by atoms with van der Waals surface area (Å²) < 4.78 is 0. The first kappa shape index (κ1) is 12.4. The van der Waals surface area contributed by atoms with Gasteiger partial charge in [0.05, 0.1) is 0 Å². The molecule has 4 rings (SSSR count). The lowest BCUT2D eigenvalue weighted by atomic mass is 9.52. The lowest BCUT2D eigenvalue weighted by Gasteiger charge is -2.60. The summed E-state index contributed by atoms with van der Waals surface area (Å²) in [5.74, 6) is 1.78. The highest BCUT2D eigenvalue weighted by Gasteiger charge is 2.52. The molecule has 0 saturated heterocycles. The fourth-order valence-corrected chi connectivity index (χ4v) is 5.10. The Morgan fingerprint density at radius 2 is 1.72 bits per heavy atom. The van der Waals surface area contributed by atoms with Gasteiger partial charge in [-0.15, -0.1) is 0 Å². The van der Waals surface area contributed by atoms with Crippen LogP contribution in [-0.2, 0) is 4.79 Å². The second-order valence-corrected chi connectivity index (χ2v) is 6.97. The van der Waals surface area contributed by atoms with E-state index in [2.05, 4.69) is 11.9 Å². The molecule has 4 aliphatic carbocycles. The standard InChI is InChI=1S/C14H24N2O2/c1-16(8-12(15)13(17)18)14-5-9-2-10(6-14)4-11(3-9)7-14/h9-12H,2-8,15H2,1H3,(H,17,18). The van der Waals surface area contributed by atoms with Crippen molar-refractivity contribution in [2.24, 2.45) is 23.5 Å². The lowest BCUT2D eigenvalue weighted by molar-refractivity contribution is -0.140. The molecular weight excluding hydrogens is 228 g/mol. The van der Waals surface area contributed by atoms with Crippen LogP contribution in [0.1, 0.15) is 38.5 Å². The molecule has 0 amide bonds. The molecule has 0 spiro atoms. The molecule has 1 unspecified atom stereocenters. The minimum atomic E-state index is -0.883. The van der Waals surface area contributed by atoms with Gasteiger partial charge in [0.2, 0.25) is 0 Å². The maximum atomic E-state index is 10.9. The van der Waals surface area contributed by atoms with E-state index >= 15 is 0 Å². The van der Waals surface area contributed by atoms with Crippen LogP contribution in [0.15, 0.2) is 0 Å². The average Bonchev–Trinajstić information content (AvgIpc) is 2.26. The van der Waals surface area contributed by atoms with Crippen molar-refractivity contribution in [2.75, 3.05) is 13.6 Å². The fraction of sp³-hybridized carbons (Fsp3) is 0.929. The molecular formula is C14H24N2O2. The normalized spacial score (nSPS) is 43.4. The molecule has 4 bridgehead atoms. The van der Waals surface area contributed by atoms with Gasteiger partial charge in [0, 0.05) is 12.1 Å². The van der Waals surface area contributed by atoms with E-state index in [0.29, 0.717) is 6.54 Å². The van der Waals surface area contributed by atoms with E-state index in [0.717, 1.165) is 17.8 Å². The Morgan fingerprint density at radius 3 is 2.11 bits per heavy atom. The Morgan fingerprint density at radius 1 is 1.28 bits per heavy atom. The molecule has 0 aromatic carbocycles. The van der Waals surface area contributed by atoms with Crippen LogP contribution in [0.25, 0.3) is 0 Å². The quantitative estimate of drug-likeness (QED) is 0.791. The number of carboxylic acid groups (broad SMARTS) is 1. The second-order valence-electron chi connectivity index (χ2n) is 6.97. The Kier molecular flexibility index (Phi) is 2.90. The van der Waals surface area contributed by atoms with E-state index in [1.165, 1.54) is 38.5 Å². The van der Waals surface area contributed by atoms with E-state index in [9.17, 15) is 4.79 Å². The van der Waals surface area contributed by atoms with E-state index in [-0.39, 0.29) is 5.54 Å². The maximum absolute atomic E-state index is 10.9. The van der Waals surface area contributed by atoms with Crippen molar-refractivity contribution >= 4 is 5.97 Å². The summed E-state index contributed by atoms with van der Waals surface area (Å²) in [6.45, 7) is 0.488. The molecule has 4 nitrogen and oxygen atoms in total. The van der Waals surface area contributed by atoms with Crippen LogP contribution in [0, 0.1) is 17.8 Å². The van der Waals surface area contributed by atoms with Gasteiger partial charge in [0.15, 0.2) is 0 Å². The van der Waals surface area contributed by atoms with Crippen molar-refractivity contribution in [3.05, 3.63) is 0 Å². The summed E-state index contributed by atoms with van der Waals surface area (Å²) in [4.78, 5) is 13.2. The summed E-state index contributed by atoms with van der Waals surface area (Å²) in [5.41, 5.74) is 5.96. The van der Waals surface area contributed by atoms with Gasteiger partial charge in [0.25, 0.3) is 0 Å². The number of nitrogens with zero attached hydrogens (tertiary/aromatic N) is 1. The van der Waals surface area contributed by atoms with Gasteiger partial charge in [-0.1, -0.05) is 0 Å². The van der Waals surface area contributed by atoms with E-state index in [4.69, 9.17) is 10.8 Å². The molecule has 102 valence electrons. The number of nitrogens with two attached hydrogens (primary N) is 1. The van der Waals surface area contributed by atoms with Crippen LogP contribution in [0.4, 0.5) is 0 Å². The predicted octanol–water partition coefficient (Wildman–Crippen LogP) is 1.30. The zero-order chi connectivity index (χ0) is 12.9. The van der Waals surface area contributed by atoms with Crippen molar-refractivity contribution in [3.63, 3.8) is 0 Å². The average molecular weight is 252 g/mol. The van der Waals surface area contributed by atoms with Gasteiger partial charge in [-0.3, -0.25) is 9.69 Å². The summed E-state index contributed by atoms with van der Waals surface area (Å²) in [5, 5.41) is 8.96. The van der Waals surface area contributed by atoms with Gasteiger partial charge >= 0.3 is 5.97 Å². The third kappa shape index (κ3) is 1.95. The first-order chi connectivity index (χ1) is 8.48. The molecule has 4 saturated carbocycles. The Labute approximate surface area is 109 Å². The third-order valence-electron chi connectivity index (χ3n) is 5.60. The van der Waals surface area contributed by atoms with E-state index < -0.39 is 12.0 Å². The Balaban J connectivity index is 1.72. The summed E-state index contributed by atoms with van der Waals surface area (Å²) >= 11 is 0. The third-order valence-corrected chi connectivity index (χ3v) is 5.60.